The van der Waals surface area contributed by atoms with Crippen LogP contribution in [0.1, 0.15) is 39.7 Å². The summed E-state index contributed by atoms with van der Waals surface area (Å²) in [5.41, 5.74) is 0.704. The van der Waals surface area contributed by atoms with Crippen molar-refractivity contribution in [3.05, 3.63) is 35.9 Å². The van der Waals surface area contributed by atoms with Crippen LogP contribution < -0.4 is 16.0 Å². The first-order valence-electron chi connectivity index (χ1n) is 9.83. The molecule has 0 spiro atoms. The van der Waals surface area contributed by atoms with E-state index in [9.17, 15) is 4.79 Å². The standard InChI is InChI=1S/C21H36N4O3.HI/c1-17(15-27-16-18-10-7-6-8-11-18)14-25-19(22-5)23-12-9-13-24-20(26)28-21(2,3)4;/h6-8,10-11,17H,9,12-16H2,1-5H3,(H,24,26)(H2,22,23,25);1H. The Morgan fingerprint density at radius 3 is 2.38 bits per heavy atom. The van der Waals surface area contributed by atoms with E-state index in [-0.39, 0.29) is 30.1 Å². The number of hydrogen-bond acceptors (Lipinski definition) is 4. The van der Waals surface area contributed by atoms with Gasteiger partial charge in [-0.05, 0) is 38.7 Å². The summed E-state index contributed by atoms with van der Waals surface area (Å²) in [7, 11) is 1.74. The quantitative estimate of drug-likeness (QED) is 0.190. The van der Waals surface area contributed by atoms with Crippen LogP contribution in [0.25, 0.3) is 0 Å². The van der Waals surface area contributed by atoms with Crippen molar-refractivity contribution >= 4 is 36.0 Å². The van der Waals surface area contributed by atoms with Gasteiger partial charge in [0.25, 0.3) is 0 Å². The predicted molar refractivity (Wildman–Crippen MR) is 129 cm³/mol. The number of benzene rings is 1. The number of halogens is 1. The minimum Gasteiger partial charge on any atom is -0.444 e. The van der Waals surface area contributed by atoms with Crippen molar-refractivity contribution in [2.24, 2.45) is 10.9 Å². The van der Waals surface area contributed by atoms with Gasteiger partial charge < -0.3 is 25.4 Å². The maximum Gasteiger partial charge on any atom is 0.407 e. The molecule has 0 bridgehead atoms. The smallest absolute Gasteiger partial charge is 0.407 e. The summed E-state index contributed by atoms with van der Waals surface area (Å²) in [5, 5.41) is 9.27. The highest BCUT2D eigenvalue weighted by Gasteiger charge is 2.15. The normalized spacial score (nSPS) is 12.5. The van der Waals surface area contributed by atoms with Gasteiger partial charge in [0.2, 0.25) is 0 Å². The van der Waals surface area contributed by atoms with Gasteiger partial charge in [0, 0.05) is 26.7 Å². The third kappa shape index (κ3) is 15.0. The molecule has 0 heterocycles. The summed E-state index contributed by atoms with van der Waals surface area (Å²) in [6.07, 6.45) is 0.384. The minimum absolute atomic E-state index is 0. The molecule has 1 amide bonds. The lowest BCUT2D eigenvalue weighted by Gasteiger charge is -2.19. The third-order valence-electron chi connectivity index (χ3n) is 3.67. The van der Waals surface area contributed by atoms with E-state index < -0.39 is 5.60 Å². The number of carbonyl (C=O) groups excluding carboxylic acids is 1. The van der Waals surface area contributed by atoms with Crippen molar-refractivity contribution in [2.75, 3.05) is 33.3 Å². The topological polar surface area (TPSA) is 84.0 Å². The van der Waals surface area contributed by atoms with Crippen LogP contribution in [-0.4, -0.2) is 50.9 Å². The second-order valence-corrected chi connectivity index (χ2v) is 7.77. The first-order valence-corrected chi connectivity index (χ1v) is 9.83. The van der Waals surface area contributed by atoms with Crippen LogP contribution >= 0.6 is 24.0 Å². The second kappa shape index (κ2) is 15.3. The molecule has 0 saturated carbocycles. The summed E-state index contributed by atoms with van der Waals surface area (Å²) >= 11 is 0. The Morgan fingerprint density at radius 1 is 1.10 bits per heavy atom. The molecule has 0 aliphatic carbocycles. The molecule has 1 unspecified atom stereocenters. The van der Waals surface area contributed by atoms with Crippen molar-refractivity contribution in [1.82, 2.24) is 16.0 Å². The summed E-state index contributed by atoms with van der Waals surface area (Å²) in [6.45, 7) is 11.0. The molecule has 1 atom stereocenters. The summed E-state index contributed by atoms with van der Waals surface area (Å²) in [5.74, 6) is 1.10. The first-order chi connectivity index (χ1) is 13.3. The molecular formula is C21H37IN4O3. The van der Waals surface area contributed by atoms with Gasteiger partial charge in [0.05, 0.1) is 13.2 Å². The summed E-state index contributed by atoms with van der Waals surface area (Å²) in [6, 6.07) is 10.2. The van der Waals surface area contributed by atoms with E-state index in [4.69, 9.17) is 9.47 Å². The molecule has 0 saturated heterocycles. The van der Waals surface area contributed by atoms with Crippen LogP contribution in [0.2, 0.25) is 0 Å². The number of guanidine groups is 1. The van der Waals surface area contributed by atoms with E-state index in [1.807, 2.05) is 39.0 Å². The average molecular weight is 520 g/mol. The summed E-state index contributed by atoms with van der Waals surface area (Å²) < 4.78 is 11.0. The number of amides is 1. The monoisotopic (exact) mass is 520 g/mol. The zero-order chi connectivity index (χ0) is 20.8. The van der Waals surface area contributed by atoms with Gasteiger partial charge in [0.15, 0.2) is 5.96 Å². The van der Waals surface area contributed by atoms with E-state index in [2.05, 4.69) is 40.0 Å². The van der Waals surface area contributed by atoms with E-state index >= 15 is 0 Å². The summed E-state index contributed by atoms with van der Waals surface area (Å²) in [4.78, 5) is 15.8. The van der Waals surface area contributed by atoms with Crippen LogP contribution in [0, 0.1) is 5.92 Å². The van der Waals surface area contributed by atoms with Gasteiger partial charge in [0.1, 0.15) is 5.60 Å². The largest absolute Gasteiger partial charge is 0.444 e. The van der Waals surface area contributed by atoms with Gasteiger partial charge in [-0.3, -0.25) is 4.99 Å². The van der Waals surface area contributed by atoms with Crippen LogP contribution in [0.4, 0.5) is 4.79 Å². The number of hydrogen-bond donors (Lipinski definition) is 3. The van der Waals surface area contributed by atoms with Crippen LogP contribution in [-0.2, 0) is 16.1 Å². The molecule has 1 aromatic carbocycles. The zero-order valence-corrected chi connectivity index (χ0v) is 20.6. The van der Waals surface area contributed by atoms with Gasteiger partial charge >= 0.3 is 6.09 Å². The van der Waals surface area contributed by atoms with Gasteiger partial charge in [-0.25, -0.2) is 4.79 Å². The van der Waals surface area contributed by atoms with Crippen molar-refractivity contribution < 1.29 is 14.3 Å². The molecule has 0 aliphatic rings. The van der Waals surface area contributed by atoms with E-state index in [0.717, 1.165) is 18.9 Å². The molecule has 166 valence electrons. The first kappa shape index (κ1) is 27.5. The Bertz CT molecular complexity index is 591. The molecule has 0 fully saturated rings. The Morgan fingerprint density at radius 2 is 1.76 bits per heavy atom. The van der Waals surface area contributed by atoms with Crippen molar-refractivity contribution in [3.8, 4) is 0 Å². The highest BCUT2D eigenvalue weighted by atomic mass is 127. The highest BCUT2D eigenvalue weighted by molar-refractivity contribution is 14.0. The molecule has 7 nitrogen and oxygen atoms in total. The van der Waals surface area contributed by atoms with Gasteiger partial charge in [-0.15, -0.1) is 24.0 Å². The van der Waals surface area contributed by atoms with E-state index in [1.165, 1.54) is 5.56 Å². The maximum atomic E-state index is 11.6. The van der Waals surface area contributed by atoms with Crippen molar-refractivity contribution in [2.45, 2.75) is 46.3 Å². The number of nitrogens with zero attached hydrogens (tertiary/aromatic N) is 1. The number of rotatable bonds is 10. The molecule has 8 heteroatoms. The third-order valence-corrected chi connectivity index (χ3v) is 3.67. The molecule has 1 rings (SSSR count). The fourth-order valence-corrected chi connectivity index (χ4v) is 2.30. The number of ether oxygens (including phenoxy) is 2. The van der Waals surface area contributed by atoms with Gasteiger partial charge in [-0.1, -0.05) is 37.3 Å². The van der Waals surface area contributed by atoms with Crippen molar-refractivity contribution in [3.63, 3.8) is 0 Å². The fourth-order valence-electron chi connectivity index (χ4n) is 2.30. The maximum absolute atomic E-state index is 11.6. The van der Waals surface area contributed by atoms with Crippen LogP contribution in [0.3, 0.4) is 0 Å². The molecule has 1 aromatic rings. The minimum atomic E-state index is -0.476. The van der Waals surface area contributed by atoms with E-state index in [0.29, 0.717) is 32.2 Å². The molecular weight excluding hydrogens is 483 g/mol. The SMILES string of the molecule is CN=C(NCCCNC(=O)OC(C)(C)C)NCC(C)COCc1ccccc1.I. The molecule has 0 radical (unpaired) electrons. The number of carbonyl (C=O) groups is 1. The lowest BCUT2D eigenvalue weighted by Crippen LogP contribution is -2.41. The van der Waals surface area contributed by atoms with Crippen molar-refractivity contribution in [1.29, 1.82) is 0 Å². The van der Waals surface area contributed by atoms with Gasteiger partial charge in [-0.2, -0.15) is 0 Å². The molecule has 29 heavy (non-hydrogen) atoms. The molecule has 3 N–H and O–H groups in total. The average Bonchev–Trinajstić information content (AvgIpc) is 2.63. The number of aliphatic imine (C=N–C) groups is 1. The lowest BCUT2D eigenvalue weighted by atomic mass is 10.2. The van der Waals surface area contributed by atoms with Crippen LogP contribution in [0.15, 0.2) is 35.3 Å². The second-order valence-electron chi connectivity index (χ2n) is 7.77. The Balaban J connectivity index is 0.00000784. The Labute approximate surface area is 192 Å². The Hall–Kier alpha value is -1.55. The van der Waals surface area contributed by atoms with Crippen LogP contribution in [0.5, 0.6) is 0 Å². The number of alkyl carbamates (subject to hydrolysis) is 1. The van der Waals surface area contributed by atoms with E-state index in [1.54, 1.807) is 7.05 Å². The predicted octanol–water partition coefficient (Wildman–Crippen LogP) is 3.54. The molecule has 0 aliphatic heterocycles. The Kier molecular flexibility index (Phi) is 14.5. The zero-order valence-electron chi connectivity index (χ0n) is 18.3. The fraction of sp³-hybridized carbons (Fsp3) is 0.619. The lowest BCUT2D eigenvalue weighted by molar-refractivity contribution is 0.0527. The molecule has 0 aromatic heterocycles. The highest BCUT2D eigenvalue weighted by Crippen LogP contribution is 2.06. The number of nitrogens with one attached hydrogen (secondary N) is 3.